The van der Waals surface area contributed by atoms with Gasteiger partial charge in [-0.1, -0.05) is 156 Å². The van der Waals surface area contributed by atoms with Crippen LogP contribution >= 0.6 is 0 Å². The Morgan fingerprint density at radius 3 is 0.978 bits per heavy atom. The van der Waals surface area contributed by atoms with Crippen LogP contribution in [0.25, 0.3) is 0 Å². The van der Waals surface area contributed by atoms with Crippen molar-refractivity contribution in [3.63, 3.8) is 0 Å². The summed E-state index contributed by atoms with van der Waals surface area (Å²) in [5.41, 5.74) is 1.72. The molecule has 0 rings (SSSR count). The molecule has 0 radical (unpaired) electrons. The van der Waals surface area contributed by atoms with E-state index < -0.39 is 18.1 Å². The molecule has 0 aromatic heterocycles. The van der Waals surface area contributed by atoms with Gasteiger partial charge in [0, 0.05) is 12.2 Å². The maximum atomic E-state index is 12.1. The van der Waals surface area contributed by atoms with Gasteiger partial charge in [0.15, 0.2) is 0 Å². The van der Waals surface area contributed by atoms with Gasteiger partial charge < -0.3 is 9.47 Å². The van der Waals surface area contributed by atoms with Gasteiger partial charge in [-0.3, -0.25) is 0 Å². The average molecular weight is 647 g/mol. The van der Waals surface area contributed by atoms with E-state index in [1.165, 1.54) is 89.2 Å². The molecule has 0 aliphatic heterocycles. The summed E-state index contributed by atoms with van der Waals surface area (Å²) in [4.78, 5) is 36.2. The number of allylic oxidation sites excluding steroid dienone is 2. The molecule has 0 bridgehead atoms. The van der Waals surface area contributed by atoms with Gasteiger partial charge in [0.1, 0.15) is 0 Å². The number of carbonyl (C=O) groups is 3. The second kappa shape index (κ2) is 27.1. The standard InChI is InChI=1S/C41H74O5/c1-31(2)17-11-19-33(5)21-13-23-35(7)25-15-27-37(9)29-39(42)45-41(44)46-40(43)30-38(10)28-16-26-36(8)24-14-22-34(6)20-12-18-32(3)4/h29-36H,11-28H2,1-10H3/b37-29+,38-30+/t33-,34-,35-,36-/m1/s1. The predicted octanol–water partition coefficient (Wildman–Crippen LogP) is 13.0. The third kappa shape index (κ3) is 28.3. The summed E-state index contributed by atoms with van der Waals surface area (Å²) in [6.07, 6.45) is 22.8. The number of esters is 2. The minimum atomic E-state index is -1.28. The summed E-state index contributed by atoms with van der Waals surface area (Å²) < 4.78 is 9.38. The molecule has 5 heteroatoms. The van der Waals surface area contributed by atoms with E-state index in [0.29, 0.717) is 11.8 Å². The maximum Gasteiger partial charge on any atom is 0.524 e. The normalized spacial score (nSPS) is 15.1. The summed E-state index contributed by atoms with van der Waals surface area (Å²) in [5.74, 6) is 2.94. The van der Waals surface area contributed by atoms with Gasteiger partial charge in [0.05, 0.1) is 0 Å². The maximum absolute atomic E-state index is 12.1. The van der Waals surface area contributed by atoms with Crippen molar-refractivity contribution in [2.75, 3.05) is 0 Å². The Balaban J connectivity index is 4.14. The van der Waals surface area contributed by atoms with Gasteiger partial charge in [0.2, 0.25) is 0 Å². The van der Waals surface area contributed by atoms with Crippen LogP contribution in [0.2, 0.25) is 0 Å². The summed E-state index contributed by atoms with van der Waals surface area (Å²) in [6, 6.07) is 0. The molecule has 0 saturated carbocycles. The SMILES string of the molecule is C/C(=C\C(=O)OC(=O)OC(=O)/C=C(\C)CCC[C@H](C)CCC[C@H](C)CCCC(C)C)CCC[C@H](C)CCC[C@H](C)CCCC(C)C. The molecule has 0 aliphatic carbocycles. The molecule has 0 aliphatic rings. The van der Waals surface area contributed by atoms with Crippen LogP contribution < -0.4 is 0 Å². The largest absolute Gasteiger partial charge is 0.524 e. The zero-order valence-electron chi connectivity index (χ0n) is 31.9. The molecule has 4 atom stereocenters. The molecule has 0 aromatic rings. The quantitative estimate of drug-likeness (QED) is 0.0531. The molecule has 46 heavy (non-hydrogen) atoms. The van der Waals surface area contributed by atoms with Gasteiger partial charge in [-0.15, -0.1) is 0 Å². The van der Waals surface area contributed by atoms with E-state index in [2.05, 4.69) is 64.9 Å². The van der Waals surface area contributed by atoms with Crippen molar-refractivity contribution in [3.8, 4) is 0 Å². The highest BCUT2D eigenvalue weighted by atomic mass is 16.8. The van der Waals surface area contributed by atoms with E-state index in [1.54, 1.807) is 0 Å². The zero-order valence-corrected chi connectivity index (χ0v) is 31.9. The first-order valence-electron chi connectivity index (χ1n) is 19.0. The third-order valence-electron chi connectivity index (χ3n) is 9.38. The fraction of sp³-hybridized carbons (Fsp3) is 0.829. The number of ether oxygens (including phenoxy) is 2. The van der Waals surface area contributed by atoms with Crippen molar-refractivity contribution >= 4 is 18.1 Å². The Labute approximate surface area is 285 Å². The Hall–Kier alpha value is -1.91. The van der Waals surface area contributed by atoms with E-state index in [4.69, 9.17) is 0 Å². The predicted molar refractivity (Wildman–Crippen MR) is 195 cm³/mol. The Bertz CT molecular complexity index is 813. The van der Waals surface area contributed by atoms with Crippen LogP contribution in [0.3, 0.4) is 0 Å². The number of rotatable bonds is 26. The number of carbonyl (C=O) groups excluding carboxylic acids is 3. The van der Waals surface area contributed by atoms with Gasteiger partial charge in [0.25, 0.3) is 0 Å². The summed E-state index contributed by atoms with van der Waals surface area (Å²) >= 11 is 0. The van der Waals surface area contributed by atoms with Crippen LogP contribution in [-0.2, 0) is 19.1 Å². The van der Waals surface area contributed by atoms with Crippen molar-refractivity contribution in [2.45, 2.75) is 185 Å². The van der Waals surface area contributed by atoms with Gasteiger partial charge >= 0.3 is 18.1 Å². The van der Waals surface area contributed by atoms with E-state index in [9.17, 15) is 14.4 Å². The fourth-order valence-electron chi connectivity index (χ4n) is 6.21. The first kappa shape index (κ1) is 44.1. The number of hydrogen-bond acceptors (Lipinski definition) is 5. The molecule has 0 heterocycles. The summed E-state index contributed by atoms with van der Waals surface area (Å²) in [6.45, 7) is 22.3. The highest BCUT2D eigenvalue weighted by Crippen LogP contribution is 2.23. The molecule has 268 valence electrons. The highest BCUT2D eigenvalue weighted by molar-refractivity contribution is 5.96. The lowest BCUT2D eigenvalue weighted by Gasteiger charge is -2.15. The molecular weight excluding hydrogens is 572 g/mol. The molecule has 0 unspecified atom stereocenters. The molecule has 0 aromatic carbocycles. The molecular formula is C41H74O5. The van der Waals surface area contributed by atoms with Crippen LogP contribution in [0.1, 0.15) is 185 Å². The highest BCUT2D eigenvalue weighted by Gasteiger charge is 2.15. The van der Waals surface area contributed by atoms with Crippen molar-refractivity contribution in [2.24, 2.45) is 35.5 Å². The van der Waals surface area contributed by atoms with E-state index >= 15 is 0 Å². The smallest absolute Gasteiger partial charge is 0.357 e. The first-order valence-corrected chi connectivity index (χ1v) is 19.0. The van der Waals surface area contributed by atoms with Crippen molar-refractivity contribution < 1.29 is 23.9 Å². The second-order valence-electron chi connectivity index (χ2n) is 15.8. The Morgan fingerprint density at radius 2 is 0.696 bits per heavy atom. The Kier molecular flexibility index (Phi) is 26.0. The number of hydrogen-bond donors (Lipinski definition) is 0. The third-order valence-corrected chi connectivity index (χ3v) is 9.38. The zero-order chi connectivity index (χ0) is 34.9. The van der Waals surface area contributed by atoms with Crippen LogP contribution in [0, 0.1) is 35.5 Å². The van der Waals surface area contributed by atoms with E-state index in [1.807, 2.05) is 13.8 Å². The fourth-order valence-corrected chi connectivity index (χ4v) is 6.21. The summed E-state index contributed by atoms with van der Waals surface area (Å²) in [5, 5.41) is 0. The topological polar surface area (TPSA) is 69.7 Å². The lowest BCUT2D eigenvalue weighted by atomic mass is 9.91. The molecule has 0 spiro atoms. The van der Waals surface area contributed by atoms with Gasteiger partial charge in [-0.05, 0) is 75.0 Å². The molecule has 5 nitrogen and oxygen atoms in total. The van der Waals surface area contributed by atoms with Crippen LogP contribution in [0.15, 0.2) is 23.3 Å². The van der Waals surface area contributed by atoms with E-state index in [0.717, 1.165) is 73.3 Å². The Morgan fingerprint density at radius 1 is 0.435 bits per heavy atom. The van der Waals surface area contributed by atoms with E-state index in [-0.39, 0.29) is 0 Å². The van der Waals surface area contributed by atoms with Crippen LogP contribution in [0.4, 0.5) is 4.79 Å². The average Bonchev–Trinajstić information content (AvgIpc) is 2.92. The van der Waals surface area contributed by atoms with Crippen molar-refractivity contribution in [1.82, 2.24) is 0 Å². The van der Waals surface area contributed by atoms with Crippen molar-refractivity contribution in [3.05, 3.63) is 23.3 Å². The van der Waals surface area contributed by atoms with Gasteiger partial charge in [-0.25, -0.2) is 14.4 Å². The second-order valence-corrected chi connectivity index (χ2v) is 15.8. The molecule has 0 amide bonds. The lowest BCUT2D eigenvalue weighted by molar-refractivity contribution is -0.140. The lowest BCUT2D eigenvalue weighted by Crippen LogP contribution is -2.15. The molecule has 0 saturated heterocycles. The monoisotopic (exact) mass is 647 g/mol. The van der Waals surface area contributed by atoms with Gasteiger partial charge in [-0.2, -0.15) is 0 Å². The van der Waals surface area contributed by atoms with Crippen molar-refractivity contribution in [1.29, 1.82) is 0 Å². The molecule has 0 fully saturated rings. The minimum absolute atomic E-state index is 0.659. The van der Waals surface area contributed by atoms with Crippen LogP contribution in [0.5, 0.6) is 0 Å². The first-order chi connectivity index (χ1) is 21.7. The summed E-state index contributed by atoms with van der Waals surface area (Å²) in [7, 11) is 0. The minimum Gasteiger partial charge on any atom is -0.357 e. The molecule has 0 N–H and O–H groups in total. The van der Waals surface area contributed by atoms with Crippen LogP contribution in [-0.4, -0.2) is 18.1 Å².